The second-order valence-electron chi connectivity index (χ2n) is 7.60. The molecule has 144 valence electrons. The number of carbonyl (C=O) groups excluding carboxylic acids is 2. The Hall–Kier alpha value is -2.82. The van der Waals surface area contributed by atoms with Crippen LogP contribution in [-0.4, -0.2) is 17.9 Å². The van der Waals surface area contributed by atoms with Crippen LogP contribution in [0.4, 0.5) is 11.4 Å². The van der Waals surface area contributed by atoms with Crippen LogP contribution in [0.25, 0.3) is 0 Å². The first-order chi connectivity index (χ1) is 12.7. The predicted molar refractivity (Wildman–Crippen MR) is 109 cm³/mol. The van der Waals surface area contributed by atoms with Gasteiger partial charge in [-0.1, -0.05) is 39.8 Å². The van der Waals surface area contributed by atoms with Gasteiger partial charge in [-0.2, -0.15) is 0 Å². The van der Waals surface area contributed by atoms with Gasteiger partial charge in [0.05, 0.1) is 6.10 Å². The fraction of sp³-hybridized carbons (Fsp3) is 0.364. The predicted octanol–water partition coefficient (Wildman–Crippen LogP) is 5.10. The molecule has 0 radical (unpaired) electrons. The van der Waals surface area contributed by atoms with Gasteiger partial charge in [0.1, 0.15) is 5.75 Å². The fourth-order valence-corrected chi connectivity index (χ4v) is 2.22. The molecule has 2 aromatic rings. The van der Waals surface area contributed by atoms with Crippen molar-refractivity contribution in [1.82, 2.24) is 0 Å². The van der Waals surface area contributed by atoms with Gasteiger partial charge in [0.15, 0.2) is 0 Å². The first-order valence-electron chi connectivity index (χ1n) is 9.18. The van der Waals surface area contributed by atoms with Gasteiger partial charge >= 0.3 is 0 Å². The van der Waals surface area contributed by atoms with E-state index in [-0.39, 0.29) is 17.9 Å². The number of nitrogens with one attached hydrogen (secondary N) is 2. The van der Waals surface area contributed by atoms with Crippen LogP contribution in [0.15, 0.2) is 48.5 Å². The smallest absolute Gasteiger partial charge is 0.255 e. The third-order valence-electron chi connectivity index (χ3n) is 4.07. The molecule has 5 heteroatoms. The Morgan fingerprint density at radius 2 is 1.63 bits per heavy atom. The van der Waals surface area contributed by atoms with Gasteiger partial charge in [-0.25, -0.2) is 0 Å². The molecule has 1 unspecified atom stereocenters. The quantitative estimate of drug-likeness (QED) is 0.745. The molecule has 0 aliphatic heterocycles. The van der Waals surface area contributed by atoms with Crippen molar-refractivity contribution < 1.29 is 14.3 Å². The molecule has 2 amide bonds. The van der Waals surface area contributed by atoms with E-state index in [0.29, 0.717) is 22.7 Å². The lowest BCUT2D eigenvalue weighted by atomic mass is 9.95. The summed E-state index contributed by atoms with van der Waals surface area (Å²) >= 11 is 0. The Morgan fingerprint density at radius 1 is 1.00 bits per heavy atom. The van der Waals surface area contributed by atoms with E-state index in [4.69, 9.17) is 4.74 Å². The molecule has 5 nitrogen and oxygen atoms in total. The Labute approximate surface area is 161 Å². The molecule has 0 spiro atoms. The summed E-state index contributed by atoms with van der Waals surface area (Å²) in [4.78, 5) is 24.7. The average Bonchev–Trinajstić information content (AvgIpc) is 2.61. The van der Waals surface area contributed by atoms with E-state index in [1.165, 1.54) is 0 Å². The van der Waals surface area contributed by atoms with E-state index in [2.05, 4.69) is 10.6 Å². The van der Waals surface area contributed by atoms with E-state index in [9.17, 15) is 9.59 Å². The Bertz CT molecular complexity index is 809. The highest BCUT2D eigenvalue weighted by atomic mass is 16.5. The van der Waals surface area contributed by atoms with E-state index < -0.39 is 5.41 Å². The van der Waals surface area contributed by atoms with E-state index in [0.717, 1.165) is 6.42 Å². The number of anilines is 2. The number of hydrogen-bond donors (Lipinski definition) is 2. The van der Waals surface area contributed by atoms with Crippen molar-refractivity contribution in [3.05, 3.63) is 54.1 Å². The third-order valence-corrected chi connectivity index (χ3v) is 4.07. The lowest BCUT2D eigenvalue weighted by Crippen LogP contribution is -2.27. The molecule has 2 N–H and O–H groups in total. The van der Waals surface area contributed by atoms with Crippen LogP contribution in [0, 0.1) is 5.41 Å². The molecule has 0 aliphatic carbocycles. The molecule has 0 heterocycles. The van der Waals surface area contributed by atoms with Crippen LogP contribution in [0.5, 0.6) is 5.75 Å². The summed E-state index contributed by atoms with van der Waals surface area (Å²) in [5.74, 6) is 0.355. The van der Waals surface area contributed by atoms with E-state index in [1.54, 1.807) is 42.5 Å². The summed E-state index contributed by atoms with van der Waals surface area (Å²) in [6.45, 7) is 9.59. The van der Waals surface area contributed by atoms with E-state index >= 15 is 0 Å². The molecule has 0 saturated heterocycles. The fourth-order valence-electron chi connectivity index (χ4n) is 2.22. The summed E-state index contributed by atoms with van der Waals surface area (Å²) in [5, 5.41) is 5.72. The van der Waals surface area contributed by atoms with Crippen LogP contribution < -0.4 is 15.4 Å². The second-order valence-corrected chi connectivity index (χ2v) is 7.60. The second kappa shape index (κ2) is 8.71. The minimum atomic E-state index is -0.491. The number of hydrogen-bond acceptors (Lipinski definition) is 3. The van der Waals surface area contributed by atoms with Gasteiger partial charge in [-0.15, -0.1) is 0 Å². The van der Waals surface area contributed by atoms with Crippen LogP contribution in [0.1, 0.15) is 51.4 Å². The minimum absolute atomic E-state index is 0.0825. The molecule has 2 rings (SSSR count). The monoisotopic (exact) mass is 368 g/mol. The highest BCUT2D eigenvalue weighted by Crippen LogP contribution is 2.21. The summed E-state index contributed by atoms with van der Waals surface area (Å²) in [5.41, 5.74) is 1.27. The molecule has 2 aromatic carbocycles. The molecule has 0 saturated carbocycles. The lowest BCUT2D eigenvalue weighted by Gasteiger charge is -2.18. The summed E-state index contributed by atoms with van der Waals surface area (Å²) in [6.07, 6.45) is 0.982. The Kier molecular flexibility index (Phi) is 6.61. The van der Waals surface area contributed by atoms with Crippen molar-refractivity contribution in [2.24, 2.45) is 5.41 Å². The van der Waals surface area contributed by atoms with Gasteiger partial charge in [0.2, 0.25) is 5.91 Å². The van der Waals surface area contributed by atoms with Crippen LogP contribution in [-0.2, 0) is 4.79 Å². The lowest BCUT2D eigenvalue weighted by molar-refractivity contribution is -0.123. The molecule has 0 aromatic heterocycles. The SMILES string of the molecule is CCC(C)Oc1cccc(C(=O)Nc2cccc(NC(=O)C(C)(C)C)c2)c1. The molecule has 0 bridgehead atoms. The zero-order valence-electron chi connectivity index (χ0n) is 16.6. The van der Waals surface area contributed by atoms with Crippen LogP contribution >= 0.6 is 0 Å². The topological polar surface area (TPSA) is 67.4 Å². The zero-order chi connectivity index (χ0) is 20.0. The van der Waals surface area contributed by atoms with Crippen molar-refractivity contribution >= 4 is 23.2 Å². The van der Waals surface area contributed by atoms with Gasteiger partial charge in [-0.3, -0.25) is 9.59 Å². The van der Waals surface area contributed by atoms with Gasteiger partial charge in [-0.05, 0) is 49.7 Å². The van der Waals surface area contributed by atoms with Gasteiger partial charge in [0.25, 0.3) is 5.91 Å². The molecule has 1 atom stereocenters. The van der Waals surface area contributed by atoms with Gasteiger partial charge in [0, 0.05) is 22.4 Å². The zero-order valence-corrected chi connectivity index (χ0v) is 16.6. The number of ether oxygens (including phenoxy) is 1. The Balaban J connectivity index is 2.09. The molecular formula is C22H28N2O3. The van der Waals surface area contributed by atoms with Crippen molar-refractivity contribution in [3.63, 3.8) is 0 Å². The molecule has 0 fully saturated rings. The first kappa shape index (κ1) is 20.5. The largest absolute Gasteiger partial charge is 0.491 e. The molecule has 27 heavy (non-hydrogen) atoms. The highest BCUT2D eigenvalue weighted by Gasteiger charge is 2.21. The number of carbonyl (C=O) groups is 2. The first-order valence-corrected chi connectivity index (χ1v) is 9.18. The molecular weight excluding hydrogens is 340 g/mol. The van der Waals surface area contributed by atoms with E-state index in [1.807, 2.05) is 40.7 Å². The Morgan fingerprint density at radius 3 is 2.26 bits per heavy atom. The number of amides is 2. The average molecular weight is 368 g/mol. The summed E-state index contributed by atoms with van der Waals surface area (Å²) in [6, 6.07) is 14.2. The van der Waals surface area contributed by atoms with Crippen molar-refractivity contribution in [3.8, 4) is 5.75 Å². The maximum Gasteiger partial charge on any atom is 0.255 e. The minimum Gasteiger partial charge on any atom is -0.491 e. The summed E-state index contributed by atoms with van der Waals surface area (Å²) in [7, 11) is 0. The number of benzene rings is 2. The maximum atomic E-state index is 12.6. The van der Waals surface area contributed by atoms with Gasteiger partial charge < -0.3 is 15.4 Å². The highest BCUT2D eigenvalue weighted by molar-refractivity contribution is 6.05. The molecule has 0 aliphatic rings. The third kappa shape index (κ3) is 6.13. The van der Waals surface area contributed by atoms with Crippen molar-refractivity contribution in [2.45, 2.75) is 47.1 Å². The maximum absolute atomic E-state index is 12.6. The van der Waals surface area contributed by atoms with Crippen LogP contribution in [0.2, 0.25) is 0 Å². The van der Waals surface area contributed by atoms with Crippen LogP contribution in [0.3, 0.4) is 0 Å². The van der Waals surface area contributed by atoms with Crippen molar-refractivity contribution in [2.75, 3.05) is 10.6 Å². The van der Waals surface area contributed by atoms with Crippen molar-refractivity contribution in [1.29, 1.82) is 0 Å². The summed E-state index contributed by atoms with van der Waals surface area (Å²) < 4.78 is 5.77. The number of rotatable bonds is 6. The standard InChI is InChI=1S/C22H28N2O3/c1-6-15(2)27-19-12-7-9-16(13-19)20(25)23-17-10-8-11-18(14-17)24-21(26)22(3,4)5/h7-15H,6H2,1-5H3,(H,23,25)(H,24,26). The normalized spacial score (nSPS) is 12.2.